The molecule has 25 heavy (non-hydrogen) atoms. The number of ether oxygens (including phenoxy) is 1. The molecule has 0 radical (unpaired) electrons. The van der Waals surface area contributed by atoms with Crippen LogP contribution in [0.3, 0.4) is 0 Å². The summed E-state index contributed by atoms with van der Waals surface area (Å²) in [4.78, 5) is 14.7. The Balaban J connectivity index is 1.48. The van der Waals surface area contributed by atoms with Crippen molar-refractivity contribution in [2.75, 3.05) is 33.4 Å². The van der Waals surface area contributed by atoms with Crippen LogP contribution < -0.4 is 5.32 Å². The molecule has 4 nitrogen and oxygen atoms in total. The van der Waals surface area contributed by atoms with Crippen molar-refractivity contribution >= 4 is 5.91 Å². The molecule has 1 N–H and O–H groups in total. The summed E-state index contributed by atoms with van der Waals surface area (Å²) in [6, 6.07) is 18.7. The quantitative estimate of drug-likeness (QED) is 0.844. The molecule has 2 aromatic carbocycles. The molecule has 0 bridgehead atoms. The molecule has 132 valence electrons. The summed E-state index contributed by atoms with van der Waals surface area (Å²) in [7, 11) is 1.71. The largest absolute Gasteiger partial charge is 0.383 e. The van der Waals surface area contributed by atoms with Gasteiger partial charge in [-0.1, -0.05) is 54.6 Å². The summed E-state index contributed by atoms with van der Waals surface area (Å²) in [5.41, 5.74) is 3.53. The summed E-state index contributed by atoms with van der Waals surface area (Å²) < 4.78 is 5.10. The highest BCUT2D eigenvalue weighted by Crippen LogP contribution is 2.19. The first-order valence-corrected chi connectivity index (χ1v) is 8.89. The molecule has 0 spiro atoms. The number of amides is 1. The Morgan fingerprint density at radius 1 is 1.12 bits per heavy atom. The highest BCUT2D eigenvalue weighted by atomic mass is 16.5. The van der Waals surface area contributed by atoms with Gasteiger partial charge in [0.15, 0.2) is 0 Å². The average molecular weight is 338 g/mol. The molecule has 1 aliphatic heterocycles. The molecule has 1 unspecified atom stereocenters. The van der Waals surface area contributed by atoms with E-state index in [9.17, 15) is 4.79 Å². The normalized spacial score (nSPS) is 17.6. The van der Waals surface area contributed by atoms with Crippen molar-refractivity contribution in [3.63, 3.8) is 0 Å². The van der Waals surface area contributed by atoms with Gasteiger partial charge in [-0.05, 0) is 29.7 Å². The van der Waals surface area contributed by atoms with Gasteiger partial charge in [-0.15, -0.1) is 0 Å². The Bertz CT molecular complexity index is 670. The van der Waals surface area contributed by atoms with Crippen LogP contribution in [0.2, 0.25) is 0 Å². The number of hydrogen-bond donors (Lipinski definition) is 1. The molecule has 1 fully saturated rings. The highest BCUT2D eigenvalue weighted by molar-refractivity contribution is 5.79. The van der Waals surface area contributed by atoms with Crippen molar-refractivity contribution in [2.45, 2.75) is 13.0 Å². The van der Waals surface area contributed by atoms with Crippen LogP contribution in [-0.4, -0.2) is 44.2 Å². The second-order valence-corrected chi connectivity index (χ2v) is 6.56. The number of carbonyl (C=O) groups excluding carboxylic acids is 1. The maximum absolute atomic E-state index is 12.4. The molecular formula is C21H26N2O2. The first kappa shape index (κ1) is 17.6. The van der Waals surface area contributed by atoms with Crippen LogP contribution in [0, 0.1) is 5.92 Å². The van der Waals surface area contributed by atoms with Crippen LogP contribution in [0.4, 0.5) is 0 Å². The van der Waals surface area contributed by atoms with Crippen LogP contribution in [0.25, 0.3) is 11.1 Å². The van der Waals surface area contributed by atoms with Crippen LogP contribution in [0.5, 0.6) is 0 Å². The lowest BCUT2D eigenvalue weighted by atomic mass is 10.0. The second kappa shape index (κ2) is 8.79. The minimum atomic E-state index is 0.0976. The molecule has 0 saturated carbocycles. The summed E-state index contributed by atoms with van der Waals surface area (Å²) in [6.07, 6.45) is 0.933. The fraction of sp³-hybridized carbons (Fsp3) is 0.381. The maximum Gasteiger partial charge on any atom is 0.224 e. The van der Waals surface area contributed by atoms with E-state index in [1.807, 2.05) is 18.2 Å². The molecule has 0 aromatic heterocycles. The van der Waals surface area contributed by atoms with Gasteiger partial charge >= 0.3 is 0 Å². The van der Waals surface area contributed by atoms with Gasteiger partial charge in [-0.3, -0.25) is 4.79 Å². The van der Waals surface area contributed by atoms with Gasteiger partial charge < -0.3 is 15.0 Å². The van der Waals surface area contributed by atoms with Crippen molar-refractivity contribution < 1.29 is 9.53 Å². The van der Waals surface area contributed by atoms with Crippen LogP contribution in [0.1, 0.15) is 12.0 Å². The third-order valence-corrected chi connectivity index (χ3v) is 4.78. The van der Waals surface area contributed by atoms with Gasteiger partial charge in [-0.2, -0.15) is 0 Å². The molecular weight excluding hydrogens is 312 g/mol. The van der Waals surface area contributed by atoms with E-state index in [-0.39, 0.29) is 11.8 Å². The molecule has 1 atom stereocenters. The van der Waals surface area contributed by atoms with Crippen LogP contribution >= 0.6 is 0 Å². The number of nitrogens with zero attached hydrogens (tertiary/aromatic N) is 1. The lowest BCUT2D eigenvalue weighted by Gasteiger charge is -2.15. The first-order chi connectivity index (χ1) is 12.3. The van der Waals surface area contributed by atoms with Gasteiger partial charge in [0.25, 0.3) is 0 Å². The Kier molecular flexibility index (Phi) is 6.20. The zero-order valence-corrected chi connectivity index (χ0v) is 14.8. The minimum absolute atomic E-state index is 0.0976. The van der Waals surface area contributed by atoms with E-state index in [0.717, 1.165) is 38.2 Å². The maximum atomic E-state index is 12.4. The Morgan fingerprint density at radius 2 is 1.84 bits per heavy atom. The molecule has 1 saturated heterocycles. The van der Waals surface area contributed by atoms with E-state index in [1.165, 1.54) is 11.1 Å². The van der Waals surface area contributed by atoms with E-state index in [2.05, 4.69) is 46.6 Å². The monoisotopic (exact) mass is 338 g/mol. The fourth-order valence-electron chi connectivity index (χ4n) is 3.25. The highest BCUT2D eigenvalue weighted by Gasteiger charge is 2.27. The van der Waals surface area contributed by atoms with Crippen molar-refractivity contribution in [3.8, 4) is 11.1 Å². The number of hydrogen-bond acceptors (Lipinski definition) is 3. The van der Waals surface area contributed by atoms with E-state index in [1.54, 1.807) is 7.11 Å². The summed E-state index contributed by atoms with van der Waals surface area (Å²) in [6.45, 7) is 4.03. The predicted octanol–water partition coefficient (Wildman–Crippen LogP) is 2.94. The first-order valence-electron chi connectivity index (χ1n) is 8.89. The summed E-state index contributed by atoms with van der Waals surface area (Å²) in [5.74, 6) is 0.257. The third kappa shape index (κ3) is 4.91. The predicted molar refractivity (Wildman–Crippen MR) is 100 cm³/mol. The van der Waals surface area contributed by atoms with Crippen molar-refractivity contribution in [3.05, 3.63) is 60.2 Å². The molecule has 4 heteroatoms. The smallest absolute Gasteiger partial charge is 0.224 e. The number of rotatable bonds is 7. The Labute approximate surface area is 149 Å². The number of nitrogens with one attached hydrogen (secondary N) is 1. The molecule has 0 aliphatic carbocycles. The average Bonchev–Trinajstić information content (AvgIpc) is 3.14. The number of methoxy groups -OCH3 is 1. The van der Waals surface area contributed by atoms with E-state index < -0.39 is 0 Å². The topological polar surface area (TPSA) is 41.6 Å². The zero-order chi connectivity index (χ0) is 17.5. The Morgan fingerprint density at radius 3 is 2.56 bits per heavy atom. The number of carbonyl (C=O) groups is 1. The fourth-order valence-corrected chi connectivity index (χ4v) is 3.25. The third-order valence-electron chi connectivity index (χ3n) is 4.78. The standard InChI is InChI=1S/C21H26N2O2/c1-25-14-13-23-12-11-20(16-23)21(24)22-15-17-7-9-19(10-8-17)18-5-3-2-4-6-18/h2-10,20H,11-16H2,1H3,(H,22,24). The van der Waals surface area contributed by atoms with Gasteiger partial charge in [-0.25, -0.2) is 0 Å². The molecule has 1 aliphatic rings. The molecule has 1 heterocycles. The van der Waals surface area contributed by atoms with Crippen molar-refractivity contribution in [1.82, 2.24) is 10.2 Å². The van der Waals surface area contributed by atoms with E-state index >= 15 is 0 Å². The van der Waals surface area contributed by atoms with Crippen molar-refractivity contribution in [2.24, 2.45) is 5.92 Å². The summed E-state index contributed by atoms with van der Waals surface area (Å²) >= 11 is 0. The number of likely N-dealkylation sites (tertiary alicyclic amines) is 1. The van der Waals surface area contributed by atoms with Crippen LogP contribution in [-0.2, 0) is 16.1 Å². The molecule has 2 aromatic rings. The van der Waals surface area contributed by atoms with Gasteiger partial charge in [0.1, 0.15) is 0 Å². The van der Waals surface area contributed by atoms with Gasteiger partial charge in [0.2, 0.25) is 5.91 Å². The minimum Gasteiger partial charge on any atom is -0.383 e. The summed E-state index contributed by atoms with van der Waals surface area (Å²) in [5, 5.41) is 3.08. The zero-order valence-electron chi connectivity index (χ0n) is 14.8. The molecule has 3 rings (SSSR count). The Hall–Kier alpha value is -2.17. The SMILES string of the molecule is COCCN1CCC(C(=O)NCc2ccc(-c3ccccc3)cc2)C1. The lowest BCUT2D eigenvalue weighted by Crippen LogP contribution is -2.33. The van der Waals surface area contributed by atoms with Gasteiger partial charge in [0.05, 0.1) is 12.5 Å². The number of benzene rings is 2. The van der Waals surface area contributed by atoms with Crippen LogP contribution in [0.15, 0.2) is 54.6 Å². The van der Waals surface area contributed by atoms with E-state index in [4.69, 9.17) is 4.74 Å². The second-order valence-electron chi connectivity index (χ2n) is 6.56. The van der Waals surface area contributed by atoms with Crippen molar-refractivity contribution in [1.29, 1.82) is 0 Å². The van der Waals surface area contributed by atoms with E-state index in [0.29, 0.717) is 6.54 Å². The van der Waals surface area contributed by atoms with Gasteiger partial charge in [0, 0.05) is 26.7 Å². The lowest BCUT2D eigenvalue weighted by molar-refractivity contribution is -0.124. The molecule has 1 amide bonds.